The highest BCUT2D eigenvalue weighted by atomic mass is 28.4. The topological polar surface area (TPSA) is 55.1 Å². The number of benzene rings is 1. The Balaban J connectivity index is 1.44. The van der Waals surface area contributed by atoms with Gasteiger partial charge in [-0.15, -0.1) is 5.10 Å². The zero-order valence-electron chi connectivity index (χ0n) is 24.0. The van der Waals surface area contributed by atoms with Crippen LogP contribution in [-0.4, -0.2) is 73.3 Å². The summed E-state index contributed by atoms with van der Waals surface area (Å²) in [6.45, 7) is 21.0. The van der Waals surface area contributed by atoms with Crippen molar-refractivity contribution >= 4 is 19.8 Å². The summed E-state index contributed by atoms with van der Waals surface area (Å²) in [6, 6.07) is 7.45. The van der Waals surface area contributed by atoms with Crippen molar-refractivity contribution in [2.45, 2.75) is 71.8 Å². The lowest BCUT2D eigenvalue weighted by Gasteiger charge is -2.46. The highest BCUT2D eigenvalue weighted by molar-refractivity contribution is 6.74. The average molecular weight is 540 g/mol. The average Bonchev–Trinajstić information content (AvgIpc) is 3.18. The molecule has 9 heteroatoms. The minimum Gasteiger partial charge on any atom is -0.411 e. The molecule has 4 heterocycles. The Morgan fingerprint density at radius 1 is 1.13 bits per heavy atom. The minimum absolute atomic E-state index is 0.177. The van der Waals surface area contributed by atoms with E-state index in [1.165, 1.54) is 6.07 Å². The second-order valence-corrected chi connectivity index (χ2v) is 17.2. The van der Waals surface area contributed by atoms with Gasteiger partial charge in [0, 0.05) is 39.1 Å². The maximum absolute atomic E-state index is 14.5. The van der Waals surface area contributed by atoms with Crippen LogP contribution >= 0.6 is 0 Å². The van der Waals surface area contributed by atoms with Crippen molar-refractivity contribution in [2.24, 2.45) is 0 Å². The molecule has 0 unspecified atom stereocenters. The molecule has 0 amide bonds. The SMILES string of the molecule is Cc1c(F)cccc1Cc1c(CN2CC(O[Si](C)(C)C(C)(C)C)C2)nc2c(C)cc(N3CCOCC3)nn12. The fraction of sp³-hybridized carbons (Fsp3) is 0.586. The molecule has 5 rings (SSSR count). The van der Waals surface area contributed by atoms with E-state index >= 15 is 0 Å². The largest absolute Gasteiger partial charge is 0.411 e. The smallest absolute Gasteiger partial charge is 0.192 e. The number of hydrogen-bond donors (Lipinski definition) is 0. The van der Waals surface area contributed by atoms with Crippen molar-refractivity contribution in [3.63, 3.8) is 0 Å². The van der Waals surface area contributed by atoms with Gasteiger partial charge >= 0.3 is 0 Å². The summed E-state index contributed by atoms with van der Waals surface area (Å²) in [5.74, 6) is 0.760. The predicted octanol–water partition coefficient (Wildman–Crippen LogP) is 5.12. The summed E-state index contributed by atoms with van der Waals surface area (Å²) < 4.78 is 28.6. The number of nitrogens with zero attached hydrogens (tertiary/aromatic N) is 5. The lowest BCUT2D eigenvalue weighted by Crippen LogP contribution is -2.57. The number of hydrogen-bond acceptors (Lipinski definition) is 6. The van der Waals surface area contributed by atoms with Gasteiger partial charge in [-0.1, -0.05) is 32.9 Å². The maximum atomic E-state index is 14.5. The zero-order chi connectivity index (χ0) is 27.2. The van der Waals surface area contributed by atoms with Crippen LogP contribution in [0.15, 0.2) is 24.3 Å². The number of ether oxygens (including phenoxy) is 1. The molecular weight excluding hydrogens is 497 g/mol. The third kappa shape index (κ3) is 5.39. The Hall–Kier alpha value is -2.33. The summed E-state index contributed by atoms with van der Waals surface area (Å²) in [6.07, 6.45) is 0.853. The van der Waals surface area contributed by atoms with E-state index in [0.29, 0.717) is 25.2 Å². The van der Waals surface area contributed by atoms with E-state index in [4.69, 9.17) is 19.2 Å². The second-order valence-electron chi connectivity index (χ2n) is 12.4. The first-order valence-corrected chi connectivity index (χ1v) is 16.7. The van der Waals surface area contributed by atoms with Gasteiger partial charge in [-0.05, 0) is 60.8 Å². The number of aromatic nitrogens is 3. The molecule has 0 aliphatic carbocycles. The van der Waals surface area contributed by atoms with Crippen molar-refractivity contribution in [1.29, 1.82) is 0 Å². The Kier molecular flexibility index (Phi) is 7.41. The lowest BCUT2D eigenvalue weighted by atomic mass is 10.0. The van der Waals surface area contributed by atoms with E-state index in [1.54, 1.807) is 6.07 Å². The molecule has 0 saturated carbocycles. The summed E-state index contributed by atoms with van der Waals surface area (Å²) in [5.41, 5.74) is 5.64. The van der Waals surface area contributed by atoms with Crippen molar-refractivity contribution in [2.75, 3.05) is 44.3 Å². The number of imidazole rings is 1. The monoisotopic (exact) mass is 539 g/mol. The van der Waals surface area contributed by atoms with Crippen LogP contribution in [0, 0.1) is 19.7 Å². The van der Waals surface area contributed by atoms with Gasteiger partial charge in [0.15, 0.2) is 14.0 Å². The third-order valence-corrected chi connectivity index (χ3v) is 13.1. The summed E-state index contributed by atoms with van der Waals surface area (Å²) in [7, 11) is -1.80. The van der Waals surface area contributed by atoms with Crippen LogP contribution in [-0.2, 0) is 22.1 Å². The van der Waals surface area contributed by atoms with Crippen LogP contribution in [0.3, 0.4) is 0 Å². The second kappa shape index (κ2) is 10.3. The van der Waals surface area contributed by atoms with Crippen LogP contribution in [0.1, 0.15) is 48.8 Å². The summed E-state index contributed by atoms with van der Waals surface area (Å²) in [4.78, 5) is 9.77. The van der Waals surface area contributed by atoms with E-state index in [-0.39, 0.29) is 17.0 Å². The first kappa shape index (κ1) is 27.2. The minimum atomic E-state index is -1.80. The first-order chi connectivity index (χ1) is 17.9. The Morgan fingerprint density at radius 3 is 2.53 bits per heavy atom. The van der Waals surface area contributed by atoms with Gasteiger partial charge in [0.1, 0.15) is 11.6 Å². The standard InChI is InChI=1S/C29H42FN5O2Si/c1-20-15-27(34-11-13-36-14-12-34)32-35-26(16-22-9-8-10-24(30)21(22)2)25(31-28(20)35)19-33-17-23(18-33)37-38(6,7)29(3,4)5/h8-10,15,23H,11-14,16-19H2,1-7H3. The molecule has 2 aliphatic rings. The van der Waals surface area contributed by atoms with E-state index in [0.717, 1.165) is 66.7 Å². The van der Waals surface area contributed by atoms with Gasteiger partial charge in [-0.25, -0.2) is 13.9 Å². The van der Waals surface area contributed by atoms with Gasteiger partial charge in [0.25, 0.3) is 0 Å². The molecule has 2 fully saturated rings. The number of rotatable bonds is 7. The Labute approximate surface area is 227 Å². The van der Waals surface area contributed by atoms with E-state index in [9.17, 15) is 4.39 Å². The molecule has 0 bridgehead atoms. The van der Waals surface area contributed by atoms with Gasteiger partial charge in [0.05, 0.1) is 30.7 Å². The third-order valence-electron chi connectivity index (χ3n) is 8.57. The highest BCUT2D eigenvalue weighted by Gasteiger charge is 2.42. The molecule has 2 saturated heterocycles. The lowest BCUT2D eigenvalue weighted by molar-refractivity contribution is 0.00486. The number of fused-ring (bicyclic) bond motifs is 1. The van der Waals surface area contributed by atoms with Crippen LogP contribution in [0.25, 0.3) is 5.65 Å². The van der Waals surface area contributed by atoms with Crippen molar-refractivity contribution in [1.82, 2.24) is 19.5 Å². The highest BCUT2D eigenvalue weighted by Crippen LogP contribution is 2.38. The molecule has 0 radical (unpaired) electrons. The number of anilines is 1. The van der Waals surface area contributed by atoms with E-state index in [2.05, 4.69) is 56.7 Å². The van der Waals surface area contributed by atoms with Crippen LogP contribution in [0.2, 0.25) is 18.1 Å². The van der Waals surface area contributed by atoms with Gasteiger partial charge in [0.2, 0.25) is 0 Å². The van der Waals surface area contributed by atoms with Crippen LogP contribution in [0.4, 0.5) is 10.2 Å². The summed E-state index contributed by atoms with van der Waals surface area (Å²) >= 11 is 0. The van der Waals surface area contributed by atoms with Gasteiger partial charge in [-0.3, -0.25) is 4.90 Å². The molecule has 3 aromatic rings. The van der Waals surface area contributed by atoms with Gasteiger partial charge < -0.3 is 14.1 Å². The predicted molar refractivity (Wildman–Crippen MR) is 152 cm³/mol. The normalized spacial score (nSPS) is 17.8. The number of morpholine rings is 1. The van der Waals surface area contributed by atoms with Crippen molar-refractivity contribution in [3.05, 3.63) is 58.2 Å². The first-order valence-electron chi connectivity index (χ1n) is 13.8. The fourth-order valence-corrected chi connectivity index (χ4v) is 6.38. The number of halogens is 1. The van der Waals surface area contributed by atoms with Crippen molar-refractivity contribution in [3.8, 4) is 0 Å². The Morgan fingerprint density at radius 2 is 1.84 bits per heavy atom. The molecule has 2 aliphatic heterocycles. The van der Waals surface area contributed by atoms with Crippen LogP contribution in [0.5, 0.6) is 0 Å². The quantitative estimate of drug-likeness (QED) is 0.389. The zero-order valence-corrected chi connectivity index (χ0v) is 25.0. The van der Waals surface area contributed by atoms with Gasteiger partial charge in [-0.2, -0.15) is 0 Å². The molecule has 206 valence electrons. The van der Waals surface area contributed by atoms with Crippen LogP contribution < -0.4 is 4.90 Å². The number of likely N-dealkylation sites (tertiary alicyclic amines) is 1. The van der Waals surface area contributed by atoms with Crippen molar-refractivity contribution < 1.29 is 13.6 Å². The molecule has 1 aromatic carbocycles. The number of aryl methyl sites for hydroxylation is 1. The molecule has 38 heavy (non-hydrogen) atoms. The van der Waals surface area contributed by atoms with E-state index < -0.39 is 8.32 Å². The molecule has 0 atom stereocenters. The van der Waals surface area contributed by atoms with E-state index in [1.807, 2.05) is 17.5 Å². The summed E-state index contributed by atoms with van der Waals surface area (Å²) in [5, 5.41) is 5.26. The molecule has 7 nitrogen and oxygen atoms in total. The molecule has 0 N–H and O–H groups in total. The molecular formula is C29H42FN5O2Si. The fourth-order valence-electron chi connectivity index (χ4n) is 5.05. The maximum Gasteiger partial charge on any atom is 0.192 e. The molecule has 0 spiro atoms. The molecule has 2 aromatic heterocycles. The Bertz CT molecular complexity index is 1310.